The van der Waals surface area contributed by atoms with Crippen LogP contribution in [0.1, 0.15) is 117 Å². The zero-order valence-corrected chi connectivity index (χ0v) is 23.0. The van der Waals surface area contributed by atoms with E-state index in [2.05, 4.69) is 42.8 Å². The van der Waals surface area contributed by atoms with Gasteiger partial charge in [0.1, 0.15) is 0 Å². The Morgan fingerprint density at radius 1 is 0.452 bits per heavy atom. The molecule has 0 aliphatic rings. The first-order valence-electron chi connectivity index (χ1n) is 11.7. The molecule has 0 amide bonds. The van der Waals surface area contributed by atoms with Gasteiger partial charge in [0.05, 0.1) is 0 Å². The molecule has 7 nitrogen and oxygen atoms in total. The SMILES string of the molecule is CCCCCCCCCCNCCCCCCCCCC.OP(O)(O)=S.OP(O)(O)=S. The molecule has 0 bridgehead atoms. The van der Waals surface area contributed by atoms with E-state index >= 15 is 0 Å². The van der Waals surface area contributed by atoms with Gasteiger partial charge in [-0.15, -0.1) is 0 Å². The smallest absolute Gasteiger partial charge is 0.319 e. The van der Waals surface area contributed by atoms with Gasteiger partial charge in [-0.05, 0) is 49.5 Å². The second-order valence-corrected chi connectivity index (χ2v) is 12.7. The summed E-state index contributed by atoms with van der Waals surface area (Å²) in [6, 6.07) is 0. The van der Waals surface area contributed by atoms with Gasteiger partial charge in [-0.1, -0.05) is 104 Å². The van der Waals surface area contributed by atoms with Gasteiger partial charge in [0.2, 0.25) is 0 Å². The van der Waals surface area contributed by atoms with Crippen LogP contribution in [0.2, 0.25) is 0 Å². The average Bonchev–Trinajstić information content (AvgIpc) is 2.61. The fourth-order valence-corrected chi connectivity index (χ4v) is 2.89. The molecule has 0 saturated carbocycles. The molecule has 0 radical (unpaired) electrons. The Balaban J connectivity index is -0.000000646. The molecular weight excluding hydrogens is 476 g/mol. The number of hydrogen-bond donors (Lipinski definition) is 7. The van der Waals surface area contributed by atoms with Crippen molar-refractivity contribution >= 4 is 37.1 Å². The van der Waals surface area contributed by atoms with Crippen LogP contribution in [0.25, 0.3) is 0 Å². The highest BCUT2D eigenvalue weighted by molar-refractivity contribution is 8.06. The standard InChI is InChI=1S/C20H43N.2H3O3PS/c1-3-5-7-9-11-13-15-17-19-21-20-18-16-14-12-10-8-6-4-2;2*1-4(2,3)5/h21H,3-20H2,1-2H3;2*(H3,1,2,3,5). The Bertz CT molecular complexity index is 381. The van der Waals surface area contributed by atoms with E-state index in [1.54, 1.807) is 0 Å². The van der Waals surface area contributed by atoms with E-state index < -0.39 is 13.4 Å². The molecule has 192 valence electrons. The first kappa shape index (κ1) is 36.6. The summed E-state index contributed by atoms with van der Waals surface area (Å²) in [6.07, 6.45) is 22.8. The van der Waals surface area contributed by atoms with Crippen LogP contribution in [0.4, 0.5) is 0 Å². The zero-order chi connectivity index (χ0) is 24.4. The van der Waals surface area contributed by atoms with E-state index in [4.69, 9.17) is 29.4 Å². The predicted octanol–water partition coefficient (Wildman–Crippen LogP) is 5.23. The molecule has 0 unspecified atom stereocenters. The van der Waals surface area contributed by atoms with E-state index in [0.29, 0.717) is 0 Å². The Hall–Kier alpha value is 1.02. The minimum absolute atomic E-state index is 1.24. The fourth-order valence-electron chi connectivity index (χ4n) is 2.89. The van der Waals surface area contributed by atoms with Crippen molar-refractivity contribution in [3.63, 3.8) is 0 Å². The number of unbranched alkanes of at least 4 members (excludes halogenated alkanes) is 14. The monoisotopic (exact) mass is 525 g/mol. The second-order valence-electron chi connectivity index (χ2n) is 7.73. The van der Waals surface area contributed by atoms with E-state index in [-0.39, 0.29) is 0 Å². The number of nitrogens with one attached hydrogen (secondary N) is 1. The third-order valence-electron chi connectivity index (χ3n) is 4.41. The van der Waals surface area contributed by atoms with Crippen LogP contribution < -0.4 is 5.32 Å². The molecule has 0 fully saturated rings. The van der Waals surface area contributed by atoms with Crippen molar-refractivity contribution in [1.82, 2.24) is 5.32 Å². The first-order valence-corrected chi connectivity index (χ1v) is 17.0. The minimum Gasteiger partial charge on any atom is -0.325 e. The van der Waals surface area contributed by atoms with Gasteiger partial charge in [0.25, 0.3) is 0 Å². The largest absolute Gasteiger partial charge is 0.325 e. The number of rotatable bonds is 18. The Morgan fingerprint density at radius 3 is 0.871 bits per heavy atom. The fraction of sp³-hybridized carbons (Fsp3) is 1.00. The van der Waals surface area contributed by atoms with Crippen molar-refractivity contribution in [2.45, 2.75) is 117 Å². The quantitative estimate of drug-likeness (QED) is 0.0948. The maximum atomic E-state index is 7.56. The summed E-state index contributed by atoms with van der Waals surface area (Å²) in [4.78, 5) is 45.3. The van der Waals surface area contributed by atoms with Crippen molar-refractivity contribution < 1.29 is 29.4 Å². The normalized spacial score (nSPS) is 11.4. The van der Waals surface area contributed by atoms with Crippen LogP contribution in [0, 0.1) is 0 Å². The lowest BCUT2D eigenvalue weighted by molar-refractivity contribution is 0.361. The van der Waals surface area contributed by atoms with E-state index in [9.17, 15) is 0 Å². The van der Waals surface area contributed by atoms with Crippen molar-refractivity contribution in [3.05, 3.63) is 0 Å². The first-order chi connectivity index (χ1) is 14.4. The van der Waals surface area contributed by atoms with Crippen molar-refractivity contribution in [2.75, 3.05) is 13.1 Å². The van der Waals surface area contributed by atoms with Gasteiger partial charge in [-0.25, -0.2) is 0 Å². The molecule has 31 heavy (non-hydrogen) atoms. The molecular formula is C20H49NO6P2S2. The lowest BCUT2D eigenvalue weighted by Crippen LogP contribution is -2.16. The Labute approximate surface area is 201 Å². The molecule has 0 aromatic heterocycles. The van der Waals surface area contributed by atoms with Gasteiger partial charge in [-0.2, -0.15) is 0 Å². The lowest BCUT2D eigenvalue weighted by atomic mass is 10.1. The molecule has 7 N–H and O–H groups in total. The summed E-state index contributed by atoms with van der Waals surface area (Å²) in [5.74, 6) is 0. The van der Waals surface area contributed by atoms with Crippen LogP contribution in [0.3, 0.4) is 0 Å². The van der Waals surface area contributed by atoms with Crippen molar-refractivity contribution in [3.8, 4) is 0 Å². The summed E-state index contributed by atoms with van der Waals surface area (Å²) >= 11 is 7.21. The van der Waals surface area contributed by atoms with Gasteiger partial charge >= 0.3 is 13.4 Å². The zero-order valence-electron chi connectivity index (χ0n) is 19.6. The third kappa shape index (κ3) is 72.2. The van der Waals surface area contributed by atoms with E-state index in [1.165, 1.54) is 116 Å². The molecule has 11 heteroatoms. The molecule has 0 atom stereocenters. The highest BCUT2D eigenvalue weighted by atomic mass is 32.5. The Morgan fingerprint density at radius 2 is 0.645 bits per heavy atom. The topological polar surface area (TPSA) is 133 Å². The van der Waals surface area contributed by atoms with Crippen LogP contribution in [0.5, 0.6) is 0 Å². The highest BCUT2D eigenvalue weighted by Crippen LogP contribution is 2.27. The molecule has 0 aromatic carbocycles. The van der Waals surface area contributed by atoms with Crippen LogP contribution in [0.15, 0.2) is 0 Å². The van der Waals surface area contributed by atoms with Gasteiger partial charge in [0.15, 0.2) is 0 Å². The van der Waals surface area contributed by atoms with Gasteiger partial charge in [-0.3, -0.25) is 0 Å². The van der Waals surface area contributed by atoms with Crippen LogP contribution in [-0.4, -0.2) is 42.4 Å². The summed E-state index contributed by atoms with van der Waals surface area (Å²) in [5.41, 5.74) is 0. The van der Waals surface area contributed by atoms with E-state index in [1.807, 2.05) is 0 Å². The lowest BCUT2D eigenvalue weighted by Gasteiger charge is -2.05. The predicted molar refractivity (Wildman–Crippen MR) is 140 cm³/mol. The third-order valence-corrected chi connectivity index (χ3v) is 4.41. The van der Waals surface area contributed by atoms with Gasteiger partial charge < -0.3 is 34.7 Å². The summed E-state index contributed by atoms with van der Waals surface area (Å²) in [6.45, 7) is -0.548. The summed E-state index contributed by atoms with van der Waals surface area (Å²) in [7, 11) is 0. The van der Waals surface area contributed by atoms with Crippen LogP contribution >= 0.6 is 13.4 Å². The maximum Gasteiger partial charge on any atom is 0.319 e. The minimum atomic E-state index is -3.81. The molecule has 0 aliphatic heterocycles. The molecule has 0 aliphatic carbocycles. The average molecular weight is 526 g/mol. The van der Waals surface area contributed by atoms with Crippen molar-refractivity contribution in [1.29, 1.82) is 0 Å². The molecule has 0 saturated heterocycles. The van der Waals surface area contributed by atoms with E-state index in [0.717, 1.165) is 0 Å². The summed E-state index contributed by atoms with van der Waals surface area (Å²) < 4.78 is 0. The van der Waals surface area contributed by atoms with Crippen molar-refractivity contribution in [2.24, 2.45) is 0 Å². The molecule has 0 heterocycles. The second kappa shape index (κ2) is 27.3. The molecule has 0 aromatic rings. The van der Waals surface area contributed by atoms with Crippen LogP contribution in [-0.2, 0) is 23.6 Å². The molecule has 0 spiro atoms. The Kier molecular flexibility index (Phi) is 32.2. The van der Waals surface area contributed by atoms with Gasteiger partial charge in [0, 0.05) is 0 Å². The maximum absolute atomic E-state index is 7.56. The number of hydrogen-bond acceptors (Lipinski definition) is 3. The highest BCUT2D eigenvalue weighted by Gasteiger charge is 1.94. The molecule has 0 rings (SSSR count). The summed E-state index contributed by atoms with van der Waals surface area (Å²) in [5, 5.41) is 3.61.